The maximum atomic E-state index is 12.1. The number of carbonyl (C=O) groups is 1. The summed E-state index contributed by atoms with van der Waals surface area (Å²) in [5.74, 6) is 0.208. The topological polar surface area (TPSA) is 47.9 Å². The molecule has 3 aromatic carbocycles. The summed E-state index contributed by atoms with van der Waals surface area (Å²) in [5, 5.41) is 4.59. The molecule has 1 heterocycles. The van der Waals surface area contributed by atoms with Crippen LogP contribution >= 0.6 is 11.6 Å². The zero-order valence-corrected chi connectivity index (χ0v) is 15.6. The molecule has 0 radical (unpaired) electrons. The van der Waals surface area contributed by atoms with E-state index in [0.29, 0.717) is 28.7 Å². The molecular weight excluding hydrogens is 374 g/mol. The lowest BCUT2D eigenvalue weighted by Crippen LogP contribution is -2.06. The molecule has 0 atom stereocenters. The molecule has 4 rings (SSSR count). The number of carbonyl (C=O) groups excluding carboxylic acids is 1. The van der Waals surface area contributed by atoms with E-state index in [9.17, 15) is 4.79 Å². The highest BCUT2D eigenvalue weighted by Crippen LogP contribution is 2.24. The molecule has 1 aliphatic heterocycles. The van der Waals surface area contributed by atoms with E-state index in [0.717, 1.165) is 16.7 Å². The fraction of sp³-hybridized carbons (Fsp3) is 0.0435. The Balaban J connectivity index is 1.56. The van der Waals surface area contributed by atoms with E-state index < -0.39 is 5.97 Å². The van der Waals surface area contributed by atoms with Gasteiger partial charge in [-0.2, -0.15) is 0 Å². The minimum Gasteiger partial charge on any atom is -0.489 e. The van der Waals surface area contributed by atoms with Crippen LogP contribution in [-0.2, 0) is 16.2 Å². The van der Waals surface area contributed by atoms with Gasteiger partial charge in [0.1, 0.15) is 18.1 Å². The van der Waals surface area contributed by atoms with E-state index in [1.807, 2.05) is 78.9 Å². The number of oxime groups is 1. The third-order valence-corrected chi connectivity index (χ3v) is 4.63. The largest absolute Gasteiger partial charge is 0.489 e. The predicted molar refractivity (Wildman–Crippen MR) is 109 cm³/mol. The fourth-order valence-corrected chi connectivity index (χ4v) is 3.04. The molecule has 0 aliphatic carbocycles. The van der Waals surface area contributed by atoms with Crippen molar-refractivity contribution in [1.29, 1.82) is 0 Å². The van der Waals surface area contributed by atoms with Gasteiger partial charge >= 0.3 is 5.97 Å². The van der Waals surface area contributed by atoms with Gasteiger partial charge in [-0.25, -0.2) is 4.79 Å². The Bertz CT molecular complexity index is 1070. The molecule has 3 aromatic rings. The SMILES string of the molecule is O=C1ON=C(c2ccccc2)C1=Cc1cccc(OCc2ccccc2Cl)c1. The molecular formula is C23H16ClNO3. The number of hydrogen-bond donors (Lipinski definition) is 0. The summed E-state index contributed by atoms with van der Waals surface area (Å²) in [4.78, 5) is 17.0. The van der Waals surface area contributed by atoms with Crippen molar-refractivity contribution in [2.45, 2.75) is 6.61 Å². The minimum absolute atomic E-state index is 0.360. The molecule has 0 saturated heterocycles. The molecule has 0 unspecified atom stereocenters. The molecule has 138 valence electrons. The van der Waals surface area contributed by atoms with Crippen LogP contribution in [0.15, 0.2) is 89.6 Å². The van der Waals surface area contributed by atoms with Gasteiger partial charge in [-0.05, 0) is 29.8 Å². The van der Waals surface area contributed by atoms with Gasteiger partial charge in [0, 0.05) is 16.1 Å². The van der Waals surface area contributed by atoms with Crippen LogP contribution in [0.3, 0.4) is 0 Å². The quantitative estimate of drug-likeness (QED) is 0.441. The maximum absolute atomic E-state index is 12.1. The van der Waals surface area contributed by atoms with Gasteiger partial charge in [0.2, 0.25) is 0 Å². The highest BCUT2D eigenvalue weighted by Gasteiger charge is 2.26. The second-order valence-corrected chi connectivity index (χ2v) is 6.60. The maximum Gasteiger partial charge on any atom is 0.368 e. The van der Waals surface area contributed by atoms with Crippen molar-refractivity contribution in [3.63, 3.8) is 0 Å². The average molecular weight is 390 g/mol. The smallest absolute Gasteiger partial charge is 0.368 e. The summed E-state index contributed by atoms with van der Waals surface area (Å²) < 4.78 is 5.86. The first kappa shape index (κ1) is 18.0. The zero-order chi connectivity index (χ0) is 19.3. The van der Waals surface area contributed by atoms with E-state index in [4.69, 9.17) is 21.2 Å². The van der Waals surface area contributed by atoms with Crippen molar-refractivity contribution in [3.8, 4) is 5.75 Å². The van der Waals surface area contributed by atoms with Crippen molar-refractivity contribution < 1.29 is 14.4 Å². The van der Waals surface area contributed by atoms with Gasteiger partial charge in [0.05, 0.1) is 5.57 Å². The van der Waals surface area contributed by atoms with E-state index in [2.05, 4.69) is 5.16 Å². The fourth-order valence-electron chi connectivity index (χ4n) is 2.85. The second-order valence-electron chi connectivity index (χ2n) is 6.20. The first-order chi connectivity index (χ1) is 13.7. The summed E-state index contributed by atoms with van der Waals surface area (Å²) in [7, 11) is 0. The Morgan fingerprint density at radius 2 is 1.75 bits per heavy atom. The number of rotatable bonds is 5. The minimum atomic E-state index is -0.471. The van der Waals surface area contributed by atoms with Crippen molar-refractivity contribution in [2.24, 2.45) is 5.16 Å². The van der Waals surface area contributed by atoms with E-state index >= 15 is 0 Å². The highest BCUT2D eigenvalue weighted by atomic mass is 35.5. The molecule has 0 bridgehead atoms. The Hall–Kier alpha value is -3.37. The van der Waals surface area contributed by atoms with Gasteiger partial charge in [-0.3, -0.25) is 0 Å². The number of nitrogens with zero attached hydrogens (tertiary/aromatic N) is 1. The number of benzene rings is 3. The molecule has 0 amide bonds. The molecule has 28 heavy (non-hydrogen) atoms. The lowest BCUT2D eigenvalue weighted by Gasteiger charge is -2.08. The molecule has 0 fully saturated rings. The third kappa shape index (κ3) is 3.97. The van der Waals surface area contributed by atoms with Crippen molar-refractivity contribution in [3.05, 3.63) is 106 Å². The van der Waals surface area contributed by atoms with Crippen molar-refractivity contribution >= 4 is 29.4 Å². The van der Waals surface area contributed by atoms with Crippen molar-refractivity contribution in [1.82, 2.24) is 0 Å². The van der Waals surface area contributed by atoms with Crippen LogP contribution in [-0.4, -0.2) is 11.7 Å². The molecule has 1 aliphatic rings. The number of ether oxygens (including phenoxy) is 1. The normalized spacial score (nSPS) is 14.7. The van der Waals surface area contributed by atoms with E-state index in [1.165, 1.54) is 0 Å². The van der Waals surface area contributed by atoms with Gasteiger partial charge in [0.25, 0.3) is 0 Å². The van der Waals surface area contributed by atoms with E-state index in [1.54, 1.807) is 6.08 Å². The summed E-state index contributed by atoms with van der Waals surface area (Å²) in [6, 6.07) is 24.5. The van der Waals surface area contributed by atoms with Gasteiger partial charge in [0.15, 0.2) is 0 Å². The molecule has 0 N–H and O–H groups in total. The first-order valence-corrected chi connectivity index (χ1v) is 9.11. The highest BCUT2D eigenvalue weighted by molar-refractivity contribution is 6.31. The first-order valence-electron chi connectivity index (χ1n) is 8.74. The standard InChI is InChI=1S/C23H16ClNO3/c24-21-12-5-4-10-18(21)15-27-19-11-6-7-16(13-19)14-20-22(25-28-23(20)26)17-8-2-1-3-9-17/h1-14H,15H2. The van der Waals surface area contributed by atoms with Gasteiger partial charge < -0.3 is 9.57 Å². The van der Waals surface area contributed by atoms with E-state index in [-0.39, 0.29) is 0 Å². The Morgan fingerprint density at radius 3 is 2.57 bits per heavy atom. The van der Waals surface area contributed by atoms with Gasteiger partial charge in [-0.15, -0.1) is 0 Å². The van der Waals surface area contributed by atoms with Crippen LogP contribution in [0.2, 0.25) is 5.02 Å². The lowest BCUT2D eigenvalue weighted by atomic mass is 10.0. The van der Waals surface area contributed by atoms with Crippen LogP contribution in [0, 0.1) is 0 Å². The summed E-state index contributed by atoms with van der Waals surface area (Å²) in [6.45, 7) is 0.360. The third-order valence-electron chi connectivity index (χ3n) is 4.26. The van der Waals surface area contributed by atoms with Crippen LogP contribution in [0.25, 0.3) is 6.08 Å². The monoisotopic (exact) mass is 389 g/mol. The van der Waals surface area contributed by atoms with Crippen LogP contribution in [0.1, 0.15) is 16.7 Å². The van der Waals surface area contributed by atoms with Gasteiger partial charge in [-0.1, -0.05) is 77.4 Å². The summed E-state index contributed by atoms with van der Waals surface area (Å²) in [6.07, 6.45) is 1.75. The molecule has 0 aromatic heterocycles. The van der Waals surface area contributed by atoms with Crippen LogP contribution < -0.4 is 4.74 Å². The Labute approximate surface area is 167 Å². The molecule has 0 spiro atoms. The predicted octanol–water partition coefficient (Wildman–Crippen LogP) is 5.26. The average Bonchev–Trinajstić information content (AvgIpc) is 3.09. The molecule has 5 heteroatoms. The summed E-state index contributed by atoms with van der Waals surface area (Å²) >= 11 is 6.17. The summed E-state index contributed by atoms with van der Waals surface area (Å²) in [5.41, 5.74) is 3.48. The second kappa shape index (κ2) is 8.11. The molecule has 0 saturated carbocycles. The number of halogens is 1. The molecule has 4 nitrogen and oxygen atoms in total. The van der Waals surface area contributed by atoms with Crippen molar-refractivity contribution in [2.75, 3.05) is 0 Å². The van der Waals surface area contributed by atoms with Crippen LogP contribution in [0.4, 0.5) is 0 Å². The zero-order valence-electron chi connectivity index (χ0n) is 14.8. The van der Waals surface area contributed by atoms with Crippen LogP contribution in [0.5, 0.6) is 5.75 Å². The Morgan fingerprint density at radius 1 is 0.964 bits per heavy atom. The Kier molecular flexibility index (Phi) is 5.22. The number of hydrogen-bond acceptors (Lipinski definition) is 4. The lowest BCUT2D eigenvalue weighted by molar-refractivity contribution is -0.136.